The minimum absolute atomic E-state index is 0.0839. The van der Waals surface area contributed by atoms with Gasteiger partial charge in [0.05, 0.1) is 11.3 Å². The lowest BCUT2D eigenvalue weighted by atomic mass is 9.90. The lowest BCUT2D eigenvalue weighted by molar-refractivity contribution is 0.0979. The van der Waals surface area contributed by atoms with Gasteiger partial charge in [-0.15, -0.1) is 0 Å². The smallest absolute Gasteiger partial charge is 0.304 e. The minimum Gasteiger partial charge on any atom is -0.351 e. The van der Waals surface area contributed by atoms with Crippen LogP contribution in [0.4, 0.5) is 14.6 Å². The zero-order chi connectivity index (χ0) is 24.8. The molecule has 1 aromatic carbocycles. The SMILES string of the molecule is CC1CCN(c2nc(-c3ccc(F)c(F)c3)ccc2C(=O)NS(=O)(=O)N2CC[C@H](N)C2)C1(C)C. The van der Waals surface area contributed by atoms with Gasteiger partial charge in [0.25, 0.3) is 5.91 Å². The van der Waals surface area contributed by atoms with Crippen molar-refractivity contribution in [3.05, 3.63) is 47.5 Å². The van der Waals surface area contributed by atoms with E-state index in [0.717, 1.165) is 22.9 Å². The van der Waals surface area contributed by atoms with Gasteiger partial charge in [0.1, 0.15) is 5.82 Å². The normalized spacial score (nSPS) is 22.8. The first-order valence-electron chi connectivity index (χ1n) is 11.2. The van der Waals surface area contributed by atoms with Gasteiger partial charge < -0.3 is 10.6 Å². The molecule has 3 N–H and O–H groups in total. The number of nitrogens with two attached hydrogens (primary N) is 1. The van der Waals surface area contributed by atoms with Gasteiger partial charge in [0, 0.05) is 36.8 Å². The summed E-state index contributed by atoms with van der Waals surface area (Å²) in [6.07, 6.45) is 1.37. The molecule has 1 aromatic heterocycles. The first kappa shape index (κ1) is 24.5. The molecule has 2 saturated heterocycles. The third kappa shape index (κ3) is 4.51. The number of nitrogens with zero attached hydrogens (tertiary/aromatic N) is 3. The molecule has 2 aliphatic heterocycles. The Balaban J connectivity index is 1.74. The van der Waals surface area contributed by atoms with Gasteiger partial charge in [0.2, 0.25) is 0 Å². The molecule has 0 saturated carbocycles. The molecule has 1 amide bonds. The van der Waals surface area contributed by atoms with Crippen molar-refractivity contribution in [2.45, 2.75) is 45.2 Å². The van der Waals surface area contributed by atoms with Crippen molar-refractivity contribution in [2.75, 3.05) is 24.5 Å². The lowest BCUT2D eigenvalue weighted by Gasteiger charge is -2.36. The van der Waals surface area contributed by atoms with Crippen LogP contribution in [0.2, 0.25) is 0 Å². The standard InChI is InChI=1S/C23H29F2N5O3S/c1-14-8-11-30(23(14,2)3)21-17(22(31)28-34(32,33)29-10-9-16(26)13-29)5-7-20(27-21)15-4-6-18(24)19(25)12-15/h4-7,12,14,16H,8-11,13,26H2,1-3H3,(H,28,31)/t14?,16-/m0/s1. The van der Waals surface area contributed by atoms with E-state index >= 15 is 0 Å². The molecule has 34 heavy (non-hydrogen) atoms. The largest absolute Gasteiger partial charge is 0.351 e. The van der Waals surface area contributed by atoms with Crippen LogP contribution in [0.1, 0.15) is 44.0 Å². The molecular weight excluding hydrogens is 464 g/mol. The highest BCUT2D eigenvalue weighted by Crippen LogP contribution is 2.39. The van der Waals surface area contributed by atoms with Crippen LogP contribution in [0, 0.1) is 17.6 Å². The molecule has 0 bridgehead atoms. The van der Waals surface area contributed by atoms with Gasteiger partial charge in [-0.05, 0) is 62.9 Å². The molecule has 1 unspecified atom stereocenters. The number of rotatable bonds is 5. The fourth-order valence-corrected chi connectivity index (χ4v) is 5.67. The zero-order valence-corrected chi connectivity index (χ0v) is 20.2. The number of nitrogens with one attached hydrogen (secondary N) is 1. The van der Waals surface area contributed by atoms with Crippen LogP contribution in [0.5, 0.6) is 0 Å². The first-order chi connectivity index (χ1) is 15.9. The predicted molar refractivity (Wildman–Crippen MR) is 125 cm³/mol. The van der Waals surface area contributed by atoms with E-state index < -0.39 is 27.8 Å². The summed E-state index contributed by atoms with van der Waals surface area (Å²) in [5, 5.41) is 0. The monoisotopic (exact) mass is 493 g/mol. The van der Waals surface area contributed by atoms with Crippen molar-refractivity contribution in [1.29, 1.82) is 0 Å². The van der Waals surface area contributed by atoms with Crippen molar-refractivity contribution in [3.8, 4) is 11.3 Å². The van der Waals surface area contributed by atoms with E-state index in [4.69, 9.17) is 5.73 Å². The van der Waals surface area contributed by atoms with Gasteiger partial charge in [-0.1, -0.05) is 6.92 Å². The molecule has 11 heteroatoms. The zero-order valence-electron chi connectivity index (χ0n) is 19.4. The number of hydrogen-bond acceptors (Lipinski definition) is 6. The summed E-state index contributed by atoms with van der Waals surface area (Å²) >= 11 is 0. The highest BCUT2D eigenvalue weighted by atomic mass is 32.2. The van der Waals surface area contributed by atoms with Gasteiger partial charge in [0.15, 0.2) is 11.6 Å². The number of anilines is 1. The Kier molecular flexibility index (Phi) is 6.38. The molecule has 4 rings (SSSR count). The van der Waals surface area contributed by atoms with E-state index in [1.54, 1.807) is 0 Å². The predicted octanol–water partition coefficient (Wildman–Crippen LogP) is 2.66. The van der Waals surface area contributed by atoms with Gasteiger partial charge in [-0.3, -0.25) is 4.79 Å². The highest BCUT2D eigenvalue weighted by Gasteiger charge is 2.41. The molecular formula is C23H29F2N5O3S. The molecule has 3 heterocycles. The highest BCUT2D eigenvalue weighted by molar-refractivity contribution is 7.87. The van der Waals surface area contributed by atoms with E-state index in [2.05, 4.69) is 16.6 Å². The summed E-state index contributed by atoms with van der Waals surface area (Å²) < 4.78 is 56.1. The molecule has 2 atom stereocenters. The van der Waals surface area contributed by atoms with Crippen LogP contribution in [0.3, 0.4) is 0 Å². The molecule has 2 aliphatic rings. The van der Waals surface area contributed by atoms with Crippen LogP contribution in [-0.2, 0) is 10.2 Å². The third-order valence-corrected chi connectivity index (χ3v) is 8.48. The van der Waals surface area contributed by atoms with Gasteiger partial charge >= 0.3 is 10.2 Å². The minimum atomic E-state index is -4.08. The second kappa shape index (κ2) is 8.86. The number of pyridine rings is 1. The maximum absolute atomic E-state index is 13.9. The summed E-state index contributed by atoms with van der Waals surface area (Å²) in [5.74, 6) is -2.21. The number of carbonyl (C=O) groups is 1. The van der Waals surface area contributed by atoms with Crippen molar-refractivity contribution >= 4 is 21.9 Å². The van der Waals surface area contributed by atoms with E-state index in [0.29, 0.717) is 30.0 Å². The maximum Gasteiger partial charge on any atom is 0.304 e. The van der Waals surface area contributed by atoms with E-state index in [1.807, 2.05) is 18.7 Å². The Morgan fingerprint density at radius 1 is 1.15 bits per heavy atom. The summed E-state index contributed by atoms with van der Waals surface area (Å²) in [6, 6.07) is 6.16. The van der Waals surface area contributed by atoms with Crippen molar-refractivity contribution in [1.82, 2.24) is 14.0 Å². The van der Waals surface area contributed by atoms with Crippen molar-refractivity contribution in [2.24, 2.45) is 11.7 Å². The third-order valence-electron chi connectivity index (χ3n) is 7.03. The Morgan fingerprint density at radius 3 is 2.47 bits per heavy atom. The quantitative estimate of drug-likeness (QED) is 0.663. The van der Waals surface area contributed by atoms with Crippen LogP contribution >= 0.6 is 0 Å². The van der Waals surface area contributed by atoms with Crippen LogP contribution in [-0.4, -0.2) is 54.8 Å². The number of hydrogen-bond donors (Lipinski definition) is 2. The number of aromatic nitrogens is 1. The van der Waals surface area contributed by atoms with Crippen LogP contribution in [0.15, 0.2) is 30.3 Å². The van der Waals surface area contributed by atoms with E-state index in [9.17, 15) is 22.0 Å². The molecule has 0 aliphatic carbocycles. The molecule has 8 nitrogen and oxygen atoms in total. The topological polar surface area (TPSA) is 109 Å². The van der Waals surface area contributed by atoms with Crippen LogP contribution < -0.4 is 15.4 Å². The molecule has 2 aromatic rings. The number of amides is 1. The van der Waals surface area contributed by atoms with Crippen molar-refractivity contribution < 1.29 is 22.0 Å². The maximum atomic E-state index is 13.9. The van der Waals surface area contributed by atoms with E-state index in [1.165, 1.54) is 18.2 Å². The fourth-order valence-electron chi connectivity index (χ4n) is 4.47. The summed E-state index contributed by atoms with van der Waals surface area (Å²) in [6.45, 7) is 7.14. The average Bonchev–Trinajstić information content (AvgIpc) is 3.32. The molecule has 184 valence electrons. The Hall–Kier alpha value is -2.63. The Morgan fingerprint density at radius 2 is 1.88 bits per heavy atom. The van der Waals surface area contributed by atoms with Crippen molar-refractivity contribution in [3.63, 3.8) is 0 Å². The number of carbonyl (C=O) groups excluding carboxylic acids is 1. The second-order valence-electron chi connectivity index (χ2n) is 9.53. The summed E-state index contributed by atoms with van der Waals surface area (Å²) in [5.41, 5.74) is 6.22. The first-order valence-corrected chi connectivity index (χ1v) is 12.7. The van der Waals surface area contributed by atoms with Crippen LogP contribution in [0.25, 0.3) is 11.3 Å². The van der Waals surface area contributed by atoms with Gasteiger partial charge in [-0.25, -0.2) is 18.5 Å². The molecule has 0 spiro atoms. The van der Waals surface area contributed by atoms with E-state index in [-0.39, 0.29) is 36.2 Å². The number of benzene rings is 1. The summed E-state index contributed by atoms with van der Waals surface area (Å²) in [4.78, 5) is 19.8. The molecule has 0 radical (unpaired) electrons. The molecule has 2 fully saturated rings. The second-order valence-corrected chi connectivity index (χ2v) is 11.2. The Bertz CT molecular complexity index is 1220. The number of halogens is 2. The van der Waals surface area contributed by atoms with Gasteiger partial charge in [-0.2, -0.15) is 12.7 Å². The lowest BCUT2D eigenvalue weighted by Crippen LogP contribution is -2.45. The average molecular weight is 494 g/mol. The Labute approximate surface area is 198 Å². The fraction of sp³-hybridized carbons (Fsp3) is 0.478. The summed E-state index contributed by atoms with van der Waals surface area (Å²) in [7, 11) is -4.08.